The van der Waals surface area contributed by atoms with Crippen LogP contribution in [0.1, 0.15) is 72.6 Å². The molecule has 0 radical (unpaired) electrons. The number of amides is 3. The van der Waals surface area contributed by atoms with E-state index >= 15 is 0 Å². The molecule has 0 aliphatic carbocycles. The van der Waals surface area contributed by atoms with Gasteiger partial charge in [0.1, 0.15) is 0 Å². The molecule has 0 aliphatic heterocycles. The number of carbonyl (C=O) groups excluding carboxylic acids is 3. The number of benzene rings is 3. The van der Waals surface area contributed by atoms with Crippen molar-refractivity contribution in [2.24, 2.45) is 0 Å². The van der Waals surface area contributed by atoms with Gasteiger partial charge in [-0.15, -0.1) is 0 Å². The van der Waals surface area contributed by atoms with Crippen LogP contribution in [0, 0.1) is 0 Å². The molecule has 44 heavy (non-hydrogen) atoms. The molecular formula is C34H48N6O3Si. The smallest absolute Gasteiger partial charge is 0.371 e. The van der Waals surface area contributed by atoms with Crippen molar-refractivity contribution in [2.45, 2.75) is 48.1 Å². The van der Waals surface area contributed by atoms with Gasteiger partial charge in [0.15, 0.2) is 0 Å². The van der Waals surface area contributed by atoms with Gasteiger partial charge in [0.05, 0.1) is 16.7 Å². The van der Waals surface area contributed by atoms with Crippen LogP contribution in [-0.4, -0.2) is 65.5 Å². The van der Waals surface area contributed by atoms with Crippen molar-refractivity contribution in [1.82, 2.24) is 14.9 Å². The Morgan fingerprint density at radius 3 is 0.932 bits per heavy atom. The van der Waals surface area contributed by atoms with Crippen LogP contribution in [0.5, 0.6) is 0 Å². The second-order valence-electron chi connectivity index (χ2n) is 10.6. The summed E-state index contributed by atoms with van der Waals surface area (Å²) in [6, 6.07) is 22.2. The van der Waals surface area contributed by atoms with Gasteiger partial charge in [-0.1, -0.05) is 36.4 Å². The number of hydrogen-bond acceptors (Lipinski definition) is 6. The van der Waals surface area contributed by atoms with Gasteiger partial charge < -0.3 is 29.6 Å². The van der Waals surface area contributed by atoms with Crippen molar-refractivity contribution >= 4 is 43.3 Å². The fourth-order valence-corrected chi connectivity index (χ4v) is 7.45. The standard InChI is InChI=1S/C34H48N6O3Si/c1-8-38(9-2)29-23-17-14-20-26(29)32(41)35-44(7,36-33(42)27-21-15-18-24-30(27)39(10-3)11-4)37-34(43)28-22-16-19-25-31(28)40(12-5)13-6/h14-25H,8-13H2,1-7H3,(H,35,41)(H,36,42)(H,37,43). The lowest BCUT2D eigenvalue weighted by Gasteiger charge is -2.32. The van der Waals surface area contributed by atoms with E-state index in [0.717, 1.165) is 56.3 Å². The van der Waals surface area contributed by atoms with Crippen LogP contribution in [0.25, 0.3) is 0 Å². The number of nitrogens with zero attached hydrogens (tertiary/aromatic N) is 3. The lowest BCUT2D eigenvalue weighted by molar-refractivity contribution is 0.0959. The molecule has 0 bridgehead atoms. The average Bonchev–Trinajstić information content (AvgIpc) is 3.03. The van der Waals surface area contributed by atoms with Crippen LogP contribution in [0.15, 0.2) is 72.8 Å². The van der Waals surface area contributed by atoms with E-state index in [1.54, 1.807) is 24.7 Å². The van der Waals surface area contributed by atoms with Crippen LogP contribution in [0.4, 0.5) is 17.1 Å². The summed E-state index contributed by atoms with van der Waals surface area (Å²) in [6.07, 6.45) is 0. The second kappa shape index (κ2) is 16.0. The molecule has 10 heteroatoms. The summed E-state index contributed by atoms with van der Waals surface area (Å²) in [4.78, 5) is 57.5. The zero-order chi connectivity index (χ0) is 32.3. The van der Waals surface area contributed by atoms with Crippen molar-refractivity contribution in [3.05, 3.63) is 89.5 Å². The highest BCUT2D eigenvalue weighted by molar-refractivity contribution is 6.78. The Morgan fingerprint density at radius 2 is 0.705 bits per heavy atom. The van der Waals surface area contributed by atoms with Crippen LogP contribution in [0.2, 0.25) is 6.55 Å². The monoisotopic (exact) mass is 616 g/mol. The Kier molecular flexibility index (Phi) is 12.4. The fourth-order valence-electron chi connectivity index (χ4n) is 5.49. The number of rotatable bonds is 15. The fraction of sp³-hybridized carbons (Fsp3) is 0.382. The SMILES string of the molecule is CCN(CC)c1ccccc1C(=O)N[Si](C)(NC(=O)c1ccccc1N(CC)CC)NC(=O)c1ccccc1N(CC)CC. The minimum absolute atomic E-state index is 0.365. The van der Waals surface area contributed by atoms with Crippen molar-refractivity contribution in [2.75, 3.05) is 54.0 Å². The summed E-state index contributed by atoms with van der Waals surface area (Å²) < 4.78 is 0. The third kappa shape index (κ3) is 7.99. The largest absolute Gasteiger partial charge is 0.376 e. The average molecular weight is 617 g/mol. The highest BCUT2D eigenvalue weighted by Crippen LogP contribution is 2.23. The van der Waals surface area contributed by atoms with Crippen molar-refractivity contribution in [3.8, 4) is 0 Å². The number of nitrogens with one attached hydrogen (secondary N) is 3. The van der Waals surface area contributed by atoms with Crippen LogP contribution in [-0.2, 0) is 0 Å². The molecular weight excluding hydrogens is 568 g/mol. The van der Waals surface area contributed by atoms with E-state index in [1.807, 2.05) is 96.1 Å². The molecule has 0 unspecified atom stereocenters. The van der Waals surface area contributed by atoms with Gasteiger partial charge in [-0.05, 0) is 84.5 Å². The summed E-state index contributed by atoms with van der Waals surface area (Å²) in [6.45, 7) is 18.4. The molecule has 236 valence electrons. The second-order valence-corrected chi connectivity index (χ2v) is 13.6. The molecule has 0 saturated heterocycles. The number of carbonyl (C=O) groups is 3. The number of para-hydroxylation sites is 3. The lowest BCUT2D eigenvalue weighted by Crippen LogP contribution is -2.74. The van der Waals surface area contributed by atoms with Crippen molar-refractivity contribution < 1.29 is 14.4 Å². The van der Waals surface area contributed by atoms with Gasteiger partial charge in [-0.3, -0.25) is 14.4 Å². The summed E-state index contributed by atoms with van der Waals surface area (Å²) in [7, 11) is -3.58. The van der Waals surface area contributed by atoms with E-state index in [0.29, 0.717) is 16.7 Å². The maximum absolute atomic E-state index is 14.0. The molecule has 9 nitrogen and oxygen atoms in total. The third-order valence-corrected chi connectivity index (χ3v) is 10.0. The van der Waals surface area contributed by atoms with E-state index in [-0.39, 0.29) is 17.7 Å². The number of anilines is 3. The Morgan fingerprint density at radius 1 is 0.477 bits per heavy atom. The summed E-state index contributed by atoms with van der Waals surface area (Å²) >= 11 is 0. The minimum Gasteiger partial charge on any atom is -0.371 e. The summed E-state index contributed by atoms with van der Waals surface area (Å²) in [5, 5.41) is 0. The molecule has 0 saturated carbocycles. The van der Waals surface area contributed by atoms with Gasteiger partial charge in [-0.25, -0.2) is 0 Å². The Bertz CT molecular complexity index is 1250. The molecule has 0 atom stereocenters. The topological polar surface area (TPSA) is 97.0 Å². The van der Waals surface area contributed by atoms with E-state index in [9.17, 15) is 14.4 Å². The van der Waals surface area contributed by atoms with Gasteiger partial charge >= 0.3 is 8.56 Å². The Balaban J connectivity index is 2.06. The van der Waals surface area contributed by atoms with E-state index in [2.05, 4.69) is 29.6 Å². The van der Waals surface area contributed by atoms with E-state index in [1.165, 1.54) is 0 Å². The molecule has 3 N–H and O–H groups in total. The highest BCUT2D eigenvalue weighted by atomic mass is 28.4. The minimum atomic E-state index is -3.58. The molecule has 3 amide bonds. The third-order valence-electron chi connectivity index (χ3n) is 7.85. The predicted molar refractivity (Wildman–Crippen MR) is 184 cm³/mol. The van der Waals surface area contributed by atoms with Gasteiger partial charge in [-0.2, -0.15) is 0 Å². The molecule has 3 aromatic carbocycles. The van der Waals surface area contributed by atoms with E-state index < -0.39 is 8.56 Å². The lowest BCUT2D eigenvalue weighted by atomic mass is 10.1. The molecule has 3 aromatic rings. The van der Waals surface area contributed by atoms with E-state index in [4.69, 9.17) is 0 Å². The first-order valence-electron chi connectivity index (χ1n) is 15.7. The molecule has 0 aromatic heterocycles. The highest BCUT2D eigenvalue weighted by Gasteiger charge is 2.38. The molecule has 3 rings (SSSR count). The maximum Gasteiger partial charge on any atom is 0.376 e. The molecule has 0 heterocycles. The Hall–Kier alpha value is -4.31. The van der Waals surface area contributed by atoms with Crippen molar-refractivity contribution in [1.29, 1.82) is 0 Å². The molecule has 0 spiro atoms. The molecule has 0 fully saturated rings. The summed E-state index contributed by atoms with van der Waals surface area (Å²) in [5.41, 5.74) is 3.81. The maximum atomic E-state index is 14.0. The quantitative estimate of drug-likeness (QED) is 0.198. The van der Waals surface area contributed by atoms with Gasteiger partial charge in [0.2, 0.25) is 17.7 Å². The van der Waals surface area contributed by atoms with Crippen LogP contribution >= 0.6 is 0 Å². The van der Waals surface area contributed by atoms with Gasteiger partial charge in [0, 0.05) is 56.3 Å². The first-order chi connectivity index (χ1) is 21.2. The summed E-state index contributed by atoms with van der Waals surface area (Å²) in [5.74, 6) is -1.09. The predicted octanol–water partition coefficient (Wildman–Crippen LogP) is 5.38. The van der Waals surface area contributed by atoms with Gasteiger partial charge in [0.25, 0.3) is 0 Å². The zero-order valence-corrected chi connectivity index (χ0v) is 28.2. The Labute approximate surface area is 263 Å². The first kappa shape index (κ1) is 34.2. The van der Waals surface area contributed by atoms with Crippen LogP contribution < -0.4 is 29.6 Å². The van der Waals surface area contributed by atoms with Crippen molar-refractivity contribution in [3.63, 3.8) is 0 Å². The first-order valence-corrected chi connectivity index (χ1v) is 18.2. The molecule has 0 aliphatic rings. The normalized spacial score (nSPS) is 11.0. The van der Waals surface area contributed by atoms with Crippen LogP contribution in [0.3, 0.4) is 0 Å². The number of hydrogen-bond donors (Lipinski definition) is 3. The zero-order valence-electron chi connectivity index (χ0n) is 27.2.